The molecule has 3 rings (SSSR count). The minimum absolute atomic E-state index is 0.104. The van der Waals surface area contributed by atoms with Crippen molar-refractivity contribution in [1.82, 2.24) is 10.6 Å². The Morgan fingerprint density at radius 2 is 1.76 bits per heavy atom. The number of rotatable bonds is 6. The van der Waals surface area contributed by atoms with E-state index in [4.69, 9.17) is 0 Å². The number of benzene rings is 2. The fourth-order valence-electron chi connectivity index (χ4n) is 2.75. The monoisotopic (exact) mass is 344 g/mol. The third kappa shape index (κ3) is 4.41. The third-order valence-electron chi connectivity index (χ3n) is 4.25. The number of amides is 2. The Balaban J connectivity index is 1.42. The topological polar surface area (TPSA) is 58.2 Å². The molecular weight excluding hydrogens is 326 g/mol. The number of hydrogen-bond acceptors (Lipinski definition) is 2. The van der Waals surface area contributed by atoms with Gasteiger partial charge in [0.1, 0.15) is 0 Å². The molecule has 0 bridgehead atoms. The zero-order valence-electron chi connectivity index (χ0n) is 13.5. The molecule has 0 radical (unpaired) electrons. The van der Waals surface area contributed by atoms with Crippen LogP contribution >= 0.6 is 0 Å². The second-order valence-electron chi connectivity index (χ2n) is 6.10. The summed E-state index contributed by atoms with van der Waals surface area (Å²) in [5, 5.41) is 5.31. The van der Waals surface area contributed by atoms with Crippen LogP contribution in [-0.2, 0) is 16.1 Å². The van der Waals surface area contributed by atoms with E-state index in [1.54, 1.807) is 0 Å². The van der Waals surface area contributed by atoms with E-state index in [0.29, 0.717) is 18.5 Å². The first-order valence-electron chi connectivity index (χ1n) is 8.08. The Kier molecular flexibility index (Phi) is 5.07. The third-order valence-corrected chi connectivity index (χ3v) is 4.25. The van der Waals surface area contributed by atoms with Gasteiger partial charge < -0.3 is 10.6 Å². The highest BCUT2D eigenvalue weighted by molar-refractivity contribution is 5.87. The first-order chi connectivity index (χ1) is 12.0. The van der Waals surface area contributed by atoms with Crippen molar-refractivity contribution in [1.29, 1.82) is 0 Å². The average Bonchev–Trinajstić information content (AvgIpc) is 3.42. The first-order valence-corrected chi connectivity index (χ1v) is 8.08. The maximum absolute atomic E-state index is 13.2. The molecule has 0 saturated heterocycles. The van der Waals surface area contributed by atoms with Crippen LogP contribution in [0.3, 0.4) is 0 Å². The van der Waals surface area contributed by atoms with Crippen LogP contribution in [0.5, 0.6) is 0 Å². The van der Waals surface area contributed by atoms with Gasteiger partial charge in [-0.15, -0.1) is 0 Å². The lowest BCUT2D eigenvalue weighted by molar-refractivity contribution is -0.126. The molecule has 0 aliphatic heterocycles. The van der Waals surface area contributed by atoms with Crippen LogP contribution in [0.15, 0.2) is 48.5 Å². The zero-order chi connectivity index (χ0) is 17.8. The van der Waals surface area contributed by atoms with Gasteiger partial charge >= 0.3 is 0 Å². The van der Waals surface area contributed by atoms with E-state index < -0.39 is 11.6 Å². The average molecular weight is 344 g/mol. The van der Waals surface area contributed by atoms with E-state index in [1.807, 2.05) is 30.3 Å². The summed E-state index contributed by atoms with van der Waals surface area (Å²) in [6.07, 6.45) is 0.572. The summed E-state index contributed by atoms with van der Waals surface area (Å²) in [5.41, 5.74) is 1.58. The molecule has 2 aromatic rings. The van der Waals surface area contributed by atoms with Crippen LogP contribution in [0.1, 0.15) is 23.5 Å². The predicted octanol–water partition coefficient (Wildman–Crippen LogP) is 2.50. The zero-order valence-corrected chi connectivity index (χ0v) is 13.5. The molecule has 2 atom stereocenters. The molecule has 2 N–H and O–H groups in total. The van der Waals surface area contributed by atoms with Crippen molar-refractivity contribution in [2.45, 2.75) is 18.9 Å². The summed E-state index contributed by atoms with van der Waals surface area (Å²) in [6, 6.07) is 13.1. The molecule has 1 fully saturated rings. The number of halogens is 2. The largest absolute Gasteiger partial charge is 0.350 e. The fourth-order valence-corrected chi connectivity index (χ4v) is 2.75. The van der Waals surface area contributed by atoms with Crippen LogP contribution < -0.4 is 10.6 Å². The summed E-state index contributed by atoms with van der Waals surface area (Å²) in [6.45, 7) is 0.295. The van der Waals surface area contributed by atoms with Gasteiger partial charge in [-0.3, -0.25) is 9.59 Å². The normalized spacial score (nSPS) is 18.5. The minimum atomic E-state index is -0.913. The van der Waals surface area contributed by atoms with Crippen LogP contribution in [-0.4, -0.2) is 18.4 Å². The Bertz CT molecular complexity index is 780. The van der Waals surface area contributed by atoms with Gasteiger partial charge in [0.2, 0.25) is 11.8 Å². The summed E-state index contributed by atoms with van der Waals surface area (Å²) in [5.74, 6) is -2.76. The van der Waals surface area contributed by atoms with Crippen LogP contribution in [0, 0.1) is 17.6 Å². The molecule has 6 heteroatoms. The lowest BCUT2D eigenvalue weighted by Gasteiger charge is -2.07. The molecule has 1 aliphatic rings. The smallest absolute Gasteiger partial charge is 0.239 e. The number of carbonyl (C=O) groups is 2. The molecular formula is C19H18F2N2O2. The van der Waals surface area contributed by atoms with Crippen molar-refractivity contribution in [2.24, 2.45) is 5.92 Å². The SMILES string of the molecule is O=C(CNC(=O)C1CC1c1ccc(F)c(F)c1)NCc1ccccc1. The summed E-state index contributed by atoms with van der Waals surface area (Å²) >= 11 is 0. The van der Waals surface area contributed by atoms with Crippen molar-refractivity contribution in [3.05, 3.63) is 71.3 Å². The van der Waals surface area contributed by atoms with Gasteiger partial charge in [0, 0.05) is 12.5 Å². The van der Waals surface area contributed by atoms with Crippen LogP contribution in [0.25, 0.3) is 0 Å². The Hall–Kier alpha value is -2.76. The summed E-state index contributed by atoms with van der Waals surface area (Å²) in [7, 11) is 0. The van der Waals surface area contributed by atoms with Gasteiger partial charge in [-0.2, -0.15) is 0 Å². The number of nitrogens with one attached hydrogen (secondary N) is 2. The van der Waals surface area contributed by atoms with Crippen molar-refractivity contribution in [2.75, 3.05) is 6.54 Å². The molecule has 25 heavy (non-hydrogen) atoms. The number of hydrogen-bond donors (Lipinski definition) is 2. The molecule has 0 aromatic heterocycles. The lowest BCUT2D eigenvalue weighted by atomic mass is 10.1. The van der Waals surface area contributed by atoms with Gasteiger partial charge in [-0.25, -0.2) is 8.78 Å². The second kappa shape index (κ2) is 7.42. The number of carbonyl (C=O) groups excluding carboxylic acids is 2. The van der Waals surface area contributed by atoms with E-state index in [9.17, 15) is 18.4 Å². The standard InChI is InChI=1S/C19H18F2N2O2/c20-16-7-6-13(8-17(16)21)14-9-15(14)19(25)23-11-18(24)22-10-12-4-2-1-3-5-12/h1-8,14-15H,9-11H2,(H,22,24)(H,23,25). The summed E-state index contributed by atoms with van der Waals surface area (Å²) < 4.78 is 26.2. The quantitative estimate of drug-likeness (QED) is 0.846. The van der Waals surface area contributed by atoms with Gasteiger partial charge in [0.25, 0.3) is 0 Å². The Morgan fingerprint density at radius 3 is 2.48 bits per heavy atom. The van der Waals surface area contributed by atoms with E-state index >= 15 is 0 Å². The highest BCUT2D eigenvalue weighted by atomic mass is 19.2. The first kappa shape index (κ1) is 17.1. The van der Waals surface area contributed by atoms with Crippen molar-refractivity contribution < 1.29 is 18.4 Å². The Morgan fingerprint density at radius 1 is 1.00 bits per heavy atom. The molecule has 2 aromatic carbocycles. The van der Waals surface area contributed by atoms with Gasteiger partial charge in [-0.05, 0) is 35.6 Å². The lowest BCUT2D eigenvalue weighted by Crippen LogP contribution is -2.37. The molecule has 2 unspecified atom stereocenters. The molecule has 0 spiro atoms. The van der Waals surface area contributed by atoms with E-state index in [2.05, 4.69) is 10.6 Å². The van der Waals surface area contributed by atoms with Crippen molar-refractivity contribution >= 4 is 11.8 Å². The highest BCUT2D eigenvalue weighted by Crippen LogP contribution is 2.47. The molecule has 1 saturated carbocycles. The Labute approximate surface area is 144 Å². The molecule has 1 aliphatic carbocycles. The maximum atomic E-state index is 13.2. The van der Waals surface area contributed by atoms with Crippen LogP contribution in [0.2, 0.25) is 0 Å². The van der Waals surface area contributed by atoms with Gasteiger partial charge in [-0.1, -0.05) is 36.4 Å². The minimum Gasteiger partial charge on any atom is -0.350 e. The fraction of sp³-hybridized carbons (Fsp3) is 0.263. The molecule has 4 nitrogen and oxygen atoms in total. The predicted molar refractivity (Wildman–Crippen MR) is 88.5 cm³/mol. The highest BCUT2D eigenvalue weighted by Gasteiger charge is 2.44. The van der Waals surface area contributed by atoms with Crippen LogP contribution in [0.4, 0.5) is 8.78 Å². The van der Waals surface area contributed by atoms with Crippen molar-refractivity contribution in [3.63, 3.8) is 0 Å². The van der Waals surface area contributed by atoms with Gasteiger partial charge in [0.15, 0.2) is 11.6 Å². The summed E-state index contributed by atoms with van der Waals surface area (Å²) in [4.78, 5) is 23.8. The van der Waals surface area contributed by atoms with E-state index in [1.165, 1.54) is 6.07 Å². The molecule has 130 valence electrons. The van der Waals surface area contributed by atoms with E-state index in [0.717, 1.165) is 17.7 Å². The second-order valence-corrected chi connectivity index (χ2v) is 6.10. The molecule has 0 heterocycles. The van der Waals surface area contributed by atoms with Gasteiger partial charge in [0.05, 0.1) is 6.54 Å². The van der Waals surface area contributed by atoms with E-state index in [-0.39, 0.29) is 30.2 Å². The maximum Gasteiger partial charge on any atom is 0.239 e. The molecule has 2 amide bonds. The van der Waals surface area contributed by atoms with Crippen molar-refractivity contribution in [3.8, 4) is 0 Å².